The maximum Gasteiger partial charge on any atom is 0.168 e. The molecule has 1 aromatic carbocycles. The number of carbonyl (C=O) groups excluding carboxylic acids is 1. The zero-order valence-corrected chi connectivity index (χ0v) is 10.8. The van der Waals surface area contributed by atoms with Crippen LogP contribution in [0.2, 0.25) is 5.02 Å². The van der Waals surface area contributed by atoms with Gasteiger partial charge in [-0.1, -0.05) is 42.0 Å². The smallest absolute Gasteiger partial charge is 0.168 e. The molecule has 1 aromatic rings. The van der Waals surface area contributed by atoms with E-state index < -0.39 is 5.41 Å². The molecule has 0 N–H and O–H groups in total. The number of hydrogen-bond donors (Lipinski definition) is 0. The Bertz CT molecular complexity index is 513. The van der Waals surface area contributed by atoms with Crippen LogP contribution in [0.5, 0.6) is 0 Å². The van der Waals surface area contributed by atoms with Gasteiger partial charge < -0.3 is 0 Å². The fraction of sp³-hybridized carbons (Fsp3) is 0.267. The summed E-state index contributed by atoms with van der Waals surface area (Å²) in [7, 11) is 0. The van der Waals surface area contributed by atoms with Gasteiger partial charge in [-0.15, -0.1) is 0 Å². The second-order valence-corrected chi connectivity index (χ2v) is 5.20. The van der Waals surface area contributed by atoms with Crippen LogP contribution in [0, 0.1) is 5.41 Å². The zero-order valence-electron chi connectivity index (χ0n) is 10.0. The first kappa shape index (κ1) is 12.1. The number of halogens is 1. The van der Waals surface area contributed by atoms with E-state index in [0.29, 0.717) is 11.4 Å². The Hall–Kier alpha value is -1.34. The fourth-order valence-electron chi connectivity index (χ4n) is 2.22. The Morgan fingerprint density at radius 2 is 2.12 bits per heavy atom. The third kappa shape index (κ3) is 2.50. The number of rotatable bonds is 2. The molecule has 2 heteroatoms. The SMILES string of the molecule is CC1=CC=CC(C)(Cc2cccc(Cl)c2)C1=O. The van der Waals surface area contributed by atoms with Gasteiger partial charge in [0.15, 0.2) is 5.78 Å². The van der Waals surface area contributed by atoms with Gasteiger partial charge in [0.2, 0.25) is 0 Å². The van der Waals surface area contributed by atoms with Gasteiger partial charge in [0.1, 0.15) is 0 Å². The molecule has 2 rings (SSSR count). The van der Waals surface area contributed by atoms with Gasteiger partial charge in [0.05, 0.1) is 5.41 Å². The van der Waals surface area contributed by atoms with Gasteiger partial charge in [0, 0.05) is 5.02 Å². The van der Waals surface area contributed by atoms with E-state index in [9.17, 15) is 4.79 Å². The summed E-state index contributed by atoms with van der Waals surface area (Å²) < 4.78 is 0. The van der Waals surface area contributed by atoms with E-state index in [-0.39, 0.29) is 5.78 Å². The van der Waals surface area contributed by atoms with Gasteiger partial charge in [-0.05, 0) is 43.5 Å². The molecule has 0 fully saturated rings. The van der Waals surface area contributed by atoms with Crippen LogP contribution >= 0.6 is 11.6 Å². The van der Waals surface area contributed by atoms with Crippen molar-refractivity contribution in [2.45, 2.75) is 20.3 Å². The highest BCUT2D eigenvalue weighted by atomic mass is 35.5. The molecule has 17 heavy (non-hydrogen) atoms. The molecule has 1 nitrogen and oxygen atoms in total. The Labute approximate surface area is 107 Å². The highest BCUT2D eigenvalue weighted by Gasteiger charge is 2.32. The maximum atomic E-state index is 12.2. The Balaban J connectivity index is 2.27. The molecule has 0 saturated heterocycles. The Morgan fingerprint density at radius 1 is 1.35 bits per heavy atom. The molecule has 1 aliphatic carbocycles. The summed E-state index contributed by atoms with van der Waals surface area (Å²) in [6, 6.07) is 7.69. The van der Waals surface area contributed by atoms with Gasteiger partial charge in [-0.2, -0.15) is 0 Å². The first-order valence-electron chi connectivity index (χ1n) is 5.67. The molecule has 0 aromatic heterocycles. The van der Waals surface area contributed by atoms with Crippen LogP contribution in [-0.2, 0) is 11.2 Å². The van der Waals surface area contributed by atoms with Gasteiger partial charge >= 0.3 is 0 Å². The first-order valence-corrected chi connectivity index (χ1v) is 6.04. The lowest BCUT2D eigenvalue weighted by Gasteiger charge is -2.27. The average Bonchev–Trinajstić information content (AvgIpc) is 2.26. The lowest BCUT2D eigenvalue weighted by molar-refractivity contribution is -0.121. The molecule has 1 unspecified atom stereocenters. The van der Waals surface area contributed by atoms with Gasteiger partial charge in [-0.25, -0.2) is 0 Å². The summed E-state index contributed by atoms with van der Waals surface area (Å²) in [6.45, 7) is 3.84. The standard InChI is InChI=1S/C15H15ClO/c1-11-5-4-8-15(2,14(11)17)10-12-6-3-7-13(16)9-12/h3-9H,10H2,1-2H3. The molecular formula is C15H15ClO. The minimum absolute atomic E-state index is 0.194. The molecule has 0 radical (unpaired) electrons. The first-order chi connectivity index (χ1) is 8.01. The van der Waals surface area contributed by atoms with Crippen molar-refractivity contribution in [2.75, 3.05) is 0 Å². The largest absolute Gasteiger partial charge is 0.294 e. The predicted molar refractivity (Wildman–Crippen MR) is 71.2 cm³/mol. The van der Waals surface area contributed by atoms with Crippen molar-refractivity contribution in [1.29, 1.82) is 0 Å². The summed E-state index contributed by atoms with van der Waals surface area (Å²) in [5.41, 5.74) is 1.47. The molecule has 88 valence electrons. The predicted octanol–water partition coefficient (Wildman–Crippen LogP) is 3.97. The minimum Gasteiger partial charge on any atom is -0.294 e. The van der Waals surface area contributed by atoms with Crippen molar-refractivity contribution in [3.05, 3.63) is 58.7 Å². The van der Waals surface area contributed by atoms with Gasteiger partial charge in [-0.3, -0.25) is 4.79 Å². The van der Waals surface area contributed by atoms with Crippen LogP contribution in [0.3, 0.4) is 0 Å². The maximum absolute atomic E-state index is 12.2. The van der Waals surface area contributed by atoms with Crippen molar-refractivity contribution in [2.24, 2.45) is 5.41 Å². The average molecular weight is 247 g/mol. The zero-order chi connectivity index (χ0) is 12.5. The van der Waals surface area contributed by atoms with E-state index in [4.69, 9.17) is 11.6 Å². The van der Waals surface area contributed by atoms with Crippen molar-refractivity contribution in [3.63, 3.8) is 0 Å². The number of carbonyl (C=O) groups is 1. The van der Waals surface area contributed by atoms with E-state index in [1.54, 1.807) is 0 Å². The van der Waals surface area contributed by atoms with Crippen molar-refractivity contribution < 1.29 is 4.79 Å². The molecular weight excluding hydrogens is 232 g/mol. The van der Waals surface area contributed by atoms with E-state index >= 15 is 0 Å². The van der Waals surface area contributed by atoms with E-state index in [1.807, 2.05) is 56.3 Å². The summed E-state index contributed by atoms with van der Waals surface area (Å²) in [6.07, 6.45) is 6.49. The molecule has 0 bridgehead atoms. The van der Waals surface area contributed by atoms with Crippen LogP contribution in [-0.4, -0.2) is 5.78 Å². The number of ketones is 1. The summed E-state index contributed by atoms with van der Waals surface area (Å²) in [4.78, 5) is 12.2. The minimum atomic E-state index is -0.441. The lowest BCUT2D eigenvalue weighted by atomic mass is 9.75. The number of allylic oxidation sites excluding steroid dienone is 4. The summed E-state index contributed by atoms with van der Waals surface area (Å²) in [5.74, 6) is 0.194. The van der Waals surface area contributed by atoms with E-state index in [1.165, 1.54) is 0 Å². The molecule has 0 heterocycles. The molecule has 0 aliphatic heterocycles. The monoisotopic (exact) mass is 246 g/mol. The Morgan fingerprint density at radius 3 is 2.82 bits per heavy atom. The van der Waals surface area contributed by atoms with Crippen LogP contribution in [0.25, 0.3) is 0 Å². The molecule has 0 amide bonds. The third-order valence-corrected chi connectivity index (χ3v) is 3.38. The van der Waals surface area contributed by atoms with Crippen molar-refractivity contribution >= 4 is 17.4 Å². The van der Waals surface area contributed by atoms with Crippen molar-refractivity contribution in [3.8, 4) is 0 Å². The topological polar surface area (TPSA) is 17.1 Å². The number of benzene rings is 1. The third-order valence-electron chi connectivity index (χ3n) is 3.15. The number of hydrogen-bond acceptors (Lipinski definition) is 1. The van der Waals surface area contributed by atoms with Gasteiger partial charge in [0.25, 0.3) is 0 Å². The number of Topliss-reactive ketones (excluding diaryl/α,β-unsaturated/α-hetero) is 1. The highest BCUT2D eigenvalue weighted by Crippen LogP contribution is 2.32. The quantitative estimate of drug-likeness (QED) is 0.772. The van der Waals surface area contributed by atoms with Crippen molar-refractivity contribution in [1.82, 2.24) is 0 Å². The fourth-order valence-corrected chi connectivity index (χ4v) is 2.43. The summed E-state index contributed by atoms with van der Waals surface area (Å²) in [5, 5.41) is 0.714. The molecule has 1 aliphatic rings. The highest BCUT2D eigenvalue weighted by molar-refractivity contribution is 6.30. The van der Waals surface area contributed by atoms with Crippen LogP contribution in [0.15, 0.2) is 48.1 Å². The molecule has 1 atom stereocenters. The second-order valence-electron chi connectivity index (χ2n) is 4.76. The van der Waals surface area contributed by atoms with E-state index in [2.05, 4.69) is 0 Å². The van der Waals surface area contributed by atoms with Crippen LogP contribution in [0.4, 0.5) is 0 Å². The summed E-state index contributed by atoms with van der Waals surface area (Å²) >= 11 is 5.96. The van der Waals surface area contributed by atoms with Crippen LogP contribution in [0.1, 0.15) is 19.4 Å². The normalized spacial score (nSPS) is 23.7. The molecule has 0 spiro atoms. The second kappa shape index (κ2) is 4.50. The van der Waals surface area contributed by atoms with Crippen LogP contribution < -0.4 is 0 Å². The van der Waals surface area contributed by atoms with E-state index in [0.717, 1.165) is 11.1 Å². The Kier molecular flexibility index (Phi) is 3.21. The molecule has 0 saturated carbocycles. The lowest BCUT2D eigenvalue weighted by Crippen LogP contribution is -2.30.